The van der Waals surface area contributed by atoms with Crippen molar-refractivity contribution in [1.82, 2.24) is 34.0 Å². The van der Waals surface area contributed by atoms with Crippen LogP contribution in [-0.2, 0) is 32.0 Å². The number of nitrogens with zero attached hydrogens (tertiary/aromatic N) is 7. The van der Waals surface area contributed by atoms with E-state index in [9.17, 15) is 4.79 Å². The van der Waals surface area contributed by atoms with E-state index in [-0.39, 0.29) is 5.91 Å². The third-order valence-corrected chi connectivity index (χ3v) is 6.31. The summed E-state index contributed by atoms with van der Waals surface area (Å²) in [6, 6.07) is 6.40. The maximum Gasteiger partial charge on any atom is 0.222 e. The summed E-state index contributed by atoms with van der Waals surface area (Å²) >= 11 is 0. The molecule has 8 nitrogen and oxygen atoms in total. The monoisotopic (exact) mass is 431 g/mol. The molecule has 166 valence electrons. The van der Waals surface area contributed by atoms with Gasteiger partial charge in [0.05, 0.1) is 29.6 Å². The van der Waals surface area contributed by atoms with E-state index in [1.807, 2.05) is 43.0 Å². The van der Waals surface area contributed by atoms with E-state index < -0.39 is 0 Å². The van der Waals surface area contributed by atoms with Gasteiger partial charge in [0.1, 0.15) is 11.5 Å². The molecule has 1 amide bonds. The van der Waals surface area contributed by atoms with Crippen LogP contribution in [0.25, 0.3) is 33.4 Å². The molecule has 1 aliphatic heterocycles. The molecule has 0 bridgehead atoms. The third kappa shape index (κ3) is 3.21. The smallest absolute Gasteiger partial charge is 0.222 e. The van der Waals surface area contributed by atoms with Crippen LogP contribution in [0, 0.1) is 0 Å². The fourth-order valence-electron chi connectivity index (χ4n) is 4.67. The van der Waals surface area contributed by atoms with Gasteiger partial charge in [0.2, 0.25) is 5.91 Å². The summed E-state index contributed by atoms with van der Waals surface area (Å²) in [4.78, 5) is 19.5. The number of imidazole rings is 1. The zero-order valence-electron chi connectivity index (χ0n) is 19.3. The van der Waals surface area contributed by atoms with Crippen LogP contribution >= 0.6 is 0 Å². The number of aryl methyl sites for hydroxylation is 2. The number of hydrogen-bond acceptors (Lipinski definition) is 4. The Hall–Kier alpha value is -3.42. The Labute approximate surface area is 187 Å². The summed E-state index contributed by atoms with van der Waals surface area (Å²) in [6.45, 7) is 8.40. The SMILES string of the molecule is CCC(=O)N1CCn2c(C(C)C)nc(-c3ccc4c(c3)c(-c3cnn(C)c3)nn4C)c2C1. The van der Waals surface area contributed by atoms with Crippen LogP contribution in [0.3, 0.4) is 0 Å². The minimum Gasteiger partial charge on any atom is -0.335 e. The molecule has 0 aliphatic carbocycles. The fraction of sp³-hybridized carbons (Fsp3) is 0.417. The molecule has 5 rings (SSSR count). The number of benzene rings is 1. The van der Waals surface area contributed by atoms with Crippen LogP contribution in [0.5, 0.6) is 0 Å². The van der Waals surface area contributed by atoms with Crippen LogP contribution in [0.2, 0.25) is 0 Å². The Bertz CT molecular complexity index is 1320. The van der Waals surface area contributed by atoms with Crippen molar-refractivity contribution in [3.63, 3.8) is 0 Å². The van der Waals surface area contributed by atoms with E-state index in [2.05, 4.69) is 41.7 Å². The Morgan fingerprint density at radius 1 is 1.12 bits per heavy atom. The summed E-state index contributed by atoms with van der Waals surface area (Å²) in [5.41, 5.74) is 6.10. The summed E-state index contributed by atoms with van der Waals surface area (Å²) in [5, 5.41) is 10.1. The Morgan fingerprint density at radius 2 is 1.94 bits per heavy atom. The predicted molar refractivity (Wildman–Crippen MR) is 124 cm³/mol. The highest BCUT2D eigenvalue weighted by Gasteiger charge is 2.28. The number of carbonyl (C=O) groups is 1. The van der Waals surface area contributed by atoms with Crippen molar-refractivity contribution < 1.29 is 4.79 Å². The molecule has 32 heavy (non-hydrogen) atoms. The molecule has 0 N–H and O–H groups in total. The van der Waals surface area contributed by atoms with Gasteiger partial charge in [0.15, 0.2) is 0 Å². The molecular weight excluding hydrogens is 402 g/mol. The van der Waals surface area contributed by atoms with Gasteiger partial charge in [-0.25, -0.2) is 4.98 Å². The van der Waals surface area contributed by atoms with Crippen LogP contribution in [0.4, 0.5) is 0 Å². The lowest BCUT2D eigenvalue weighted by Gasteiger charge is -2.29. The first-order valence-corrected chi connectivity index (χ1v) is 11.2. The average molecular weight is 432 g/mol. The second kappa shape index (κ2) is 7.62. The summed E-state index contributed by atoms with van der Waals surface area (Å²) < 4.78 is 6.01. The largest absolute Gasteiger partial charge is 0.335 e. The van der Waals surface area contributed by atoms with Crippen LogP contribution < -0.4 is 0 Å². The molecule has 0 saturated heterocycles. The molecule has 3 aromatic heterocycles. The summed E-state index contributed by atoms with van der Waals surface area (Å²) in [6.07, 6.45) is 4.35. The standard InChI is InChI=1S/C24H29N7O/c1-6-21(32)30-9-10-31-20(14-30)23(26-24(31)15(2)3)16-7-8-19-18(11-16)22(27-29(19)5)17-12-25-28(4)13-17/h7-8,11-13,15H,6,9-10,14H2,1-5H3. The number of carbonyl (C=O) groups excluding carboxylic acids is 1. The minimum atomic E-state index is 0.191. The molecule has 4 aromatic rings. The number of hydrogen-bond donors (Lipinski definition) is 0. The number of fused-ring (bicyclic) bond motifs is 2. The summed E-state index contributed by atoms with van der Waals surface area (Å²) in [7, 11) is 3.87. The highest BCUT2D eigenvalue weighted by atomic mass is 16.2. The molecule has 0 radical (unpaired) electrons. The van der Waals surface area contributed by atoms with E-state index in [0.717, 1.165) is 58.0 Å². The zero-order valence-corrected chi connectivity index (χ0v) is 19.3. The van der Waals surface area contributed by atoms with Crippen molar-refractivity contribution in [2.75, 3.05) is 6.54 Å². The van der Waals surface area contributed by atoms with Crippen LogP contribution in [0.15, 0.2) is 30.6 Å². The van der Waals surface area contributed by atoms with Gasteiger partial charge in [-0.05, 0) is 12.1 Å². The normalized spacial score (nSPS) is 13.9. The lowest BCUT2D eigenvalue weighted by Crippen LogP contribution is -2.38. The lowest BCUT2D eigenvalue weighted by atomic mass is 10.0. The first-order chi connectivity index (χ1) is 15.4. The molecule has 0 fully saturated rings. The van der Waals surface area contributed by atoms with E-state index in [1.54, 1.807) is 4.68 Å². The molecule has 0 atom stereocenters. The van der Waals surface area contributed by atoms with Crippen molar-refractivity contribution in [2.45, 2.75) is 46.2 Å². The number of amides is 1. The first-order valence-electron chi connectivity index (χ1n) is 11.2. The molecule has 4 heterocycles. The minimum absolute atomic E-state index is 0.191. The van der Waals surface area contributed by atoms with Gasteiger partial charge in [-0.1, -0.05) is 26.8 Å². The number of aromatic nitrogens is 6. The van der Waals surface area contributed by atoms with Gasteiger partial charge in [-0.15, -0.1) is 0 Å². The van der Waals surface area contributed by atoms with Crippen molar-refractivity contribution in [1.29, 1.82) is 0 Å². The Balaban J connectivity index is 1.66. The Kier molecular flexibility index (Phi) is 4.87. The Morgan fingerprint density at radius 3 is 2.62 bits per heavy atom. The zero-order chi connectivity index (χ0) is 22.6. The van der Waals surface area contributed by atoms with Crippen molar-refractivity contribution in [3.8, 4) is 22.5 Å². The van der Waals surface area contributed by atoms with Crippen LogP contribution in [0.1, 0.15) is 44.6 Å². The van der Waals surface area contributed by atoms with Gasteiger partial charge in [0.25, 0.3) is 0 Å². The summed E-state index contributed by atoms with van der Waals surface area (Å²) in [5.74, 6) is 1.58. The molecule has 8 heteroatoms. The topological polar surface area (TPSA) is 73.8 Å². The van der Waals surface area contributed by atoms with Gasteiger partial charge < -0.3 is 9.47 Å². The number of rotatable bonds is 4. The van der Waals surface area contributed by atoms with Crippen molar-refractivity contribution in [3.05, 3.63) is 42.1 Å². The third-order valence-electron chi connectivity index (χ3n) is 6.31. The van der Waals surface area contributed by atoms with E-state index >= 15 is 0 Å². The highest BCUT2D eigenvalue weighted by Crippen LogP contribution is 2.35. The van der Waals surface area contributed by atoms with Gasteiger partial charge in [0, 0.05) is 62.2 Å². The molecule has 0 spiro atoms. The van der Waals surface area contributed by atoms with E-state index in [4.69, 9.17) is 10.1 Å². The maximum atomic E-state index is 12.4. The van der Waals surface area contributed by atoms with Crippen molar-refractivity contribution >= 4 is 16.8 Å². The first kappa shape index (κ1) is 20.5. The molecule has 1 aliphatic rings. The van der Waals surface area contributed by atoms with E-state index in [1.165, 1.54) is 0 Å². The van der Waals surface area contributed by atoms with Gasteiger partial charge >= 0.3 is 0 Å². The average Bonchev–Trinajstić information content (AvgIpc) is 3.47. The second-order valence-corrected chi connectivity index (χ2v) is 8.85. The maximum absolute atomic E-state index is 12.4. The van der Waals surface area contributed by atoms with Gasteiger partial charge in [-0.2, -0.15) is 10.2 Å². The molecule has 0 unspecified atom stereocenters. The fourth-order valence-corrected chi connectivity index (χ4v) is 4.67. The van der Waals surface area contributed by atoms with Crippen molar-refractivity contribution in [2.24, 2.45) is 14.1 Å². The molecule has 0 saturated carbocycles. The molecular formula is C24H29N7O. The molecule has 1 aromatic carbocycles. The quantitative estimate of drug-likeness (QED) is 0.494. The predicted octanol–water partition coefficient (Wildman–Crippen LogP) is 3.71. The van der Waals surface area contributed by atoms with Crippen LogP contribution in [-0.4, -0.2) is 46.5 Å². The second-order valence-electron chi connectivity index (χ2n) is 8.85. The van der Waals surface area contributed by atoms with E-state index in [0.29, 0.717) is 18.9 Å². The highest BCUT2D eigenvalue weighted by molar-refractivity contribution is 5.95. The van der Waals surface area contributed by atoms with Gasteiger partial charge in [-0.3, -0.25) is 14.2 Å². The lowest BCUT2D eigenvalue weighted by molar-refractivity contribution is -0.132.